The minimum Gasteiger partial charge on any atom is -0.302 e. The van der Waals surface area contributed by atoms with Gasteiger partial charge in [-0.25, -0.2) is 18.2 Å². The van der Waals surface area contributed by atoms with Crippen molar-refractivity contribution in [2.75, 3.05) is 31.1 Å². The van der Waals surface area contributed by atoms with Crippen LogP contribution in [0, 0.1) is 17.5 Å². The molecule has 2 aromatic carbocycles. The number of rotatable bonds is 7. The molecule has 0 aliphatic heterocycles. The van der Waals surface area contributed by atoms with Crippen molar-refractivity contribution in [3.05, 3.63) is 59.4 Å². The van der Waals surface area contributed by atoms with Crippen molar-refractivity contribution < 1.29 is 18.0 Å². The molecule has 4 nitrogen and oxygen atoms in total. The molecule has 1 aromatic heterocycles. The molecule has 0 unspecified atom stereocenters. The standard InChI is InChI=1S/C20H20F3N3OS.ClH/c1-3-25(4-2)10-11-26(19(27)13-8-9-14(21)16(23)12-13)20-24-18-15(22)6-5-7-17(18)28-20;/h5-9,12H,3-4,10-11H2,1-2H3;1H. The number of hydrogen-bond donors (Lipinski definition) is 0. The van der Waals surface area contributed by atoms with Crippen LogP contribution in [0.4, 0.5) is 18.3 Å². The molecular weight excluding hydrogens is 423 g/mol. The van der Waals surface area contributed by atoms with Gasteiger partial charge >= 0.3 is 0 Å². The van der Waals surface area contributed by atoms with Crippen LogP contribution in [0.3, 0.4) is 0 Å². The summed E-state index contributed by atoms with van der Waals surface area (Å²) < 4.78 is 41.6. The lowest BCUT2D eigenvalue weighted by Gasteiger charge is -2.24. The van der Waals surface area contributed by atoms with Crippen LogP contribution in [-0.4, -0.2) is 42.0 Å². The van der Waals surface area contributed by atoms with E-state index in [2.05, 4.69) is 9.88 Å². The number of anilines is 1. The summed E-state index contributed by atoms with van der Waals surface area (Å²) in [6.07, 6.45) is 0. The van der Waals surface area contributed by atoms with Crippen LogP contribution in [0.2, 0.25) is 0 Å². The predicted molar refractivity (Wildman–Crippen MR) is 113 cm³/mol. The molecular formula is C20H21ClF3N3OS. The van der Waals surface area contributed by atoms with Crippen LogP contribution in [0.15, 0.2) is 36.4 Å². The Morgan fingerprint density at radius 1 is 1.00 bits per heavy atom. The fourth-order valence-corrected chi connectivity index (χ4v) is 3.87. The summed E-state index contributed by atoms with van der Waals surface area (Å²) >= 11 is 1.18. The summed E-state index contributed by atoms with van der Waals surface area (Å²) in [7, 11) is 0. The highest BCUT2D eigenvalue weighted by molar-refractivity contribution is 7.22. The molecule has 1 heterocycles. The number of benzene rings is 2. The highest BCUT2D eigenvalue weighted by Gasteiger charge is 2.23. The number of carbonyl (C=O) groups excluding carboxylic acids is 1. The number of hydrogen-bond acceptors (Lipinski definition) is 4. The molecule has 3 rings (SSSR count). The number of thiazole rings is 1. The fourth-order valence-electron chi connectivity index (χ4n) is 2.87. The second kappa shape index (κ2) is 10.0. The average Bonchev–Trinajstić information content (AvgIpc) is 3.12. The summed E-state index contributed by atoms with van der Waals surface area (Å²) in [6, 6.07) is 7.64. The molecule has 9 heteroatoms. The summed E-state index contributed by atoms with van der Waals surface area (Å²) in [5, 5.41) is 0.321. The lowest BCUT2D eigenvalue weighted by molar-refractivity contribution is 0.0983. The third kappa shape index (κ3) is 5.07. The van der Waals surface area contributed by atoms with E-state index in [9.17, 15) is 18.0 Å². The minimum absolute atomic E-state index is 0. The lowest BCUT2D eigenvalue weighted by Crippen LogP contribution is -2.39. The maximum Gasteiger partial charge on any atom is 0.260 e. The van der Waals surface area contributed by atoms with Crippen LogP contribution in [0.25, 0.3) is 10.2 Å². The number of amides is 1. The van der Waals surface area contributed by atoms with E-state index in [1.54, 1.807) is 12.1 Å². The third-order valence-corrected chi connectivity index (χ3v) is 5.58. The van der Waals surface area contributed by atoms with Gasteiger partial charge in [-0.1, -0.05) is 31.3 Å². The van der Waals surface area contributed by atoms with Gasteiger partial charge in [0.15, 0.2) is 16.8 Å². The molecule has 0 saturated heterocycles. The zero-order valence-electron chi connectivity index (χ0n) is 16.0. The summed E-state index contributed by atoms with van der Waals surface area (Å²) in [4.78, 5) is 20.9. The highest BCUT2D eigenvalue weighted by atomic mass is 35.5. The van der Waals surface area contributed by atoms with Crippen LogP contribution in [0.5, 0.6) is 0 Å². The van der Waals surface area contributed by atoms with E-state index in [0.717, 1.165) is 25.2 Å². The van der Waals surface area contributed by atoms with Gasteiger partial charge in [-0.15, -0.1) is 12.4 Å². The Bertz CT molecular complexity index is 994. The molecule has 0 atom stereocenters. The quantitative estimate of drug-likeness (QED) is 0.508. The SMILES string of the molecule is CCN(CC)CCN(C(=O)c1ccc(F)c(F)c1)c1nc2c(F)cccc2s1.Cl. The van der Waals surface area contributed by atoms with Crippen LogP contribution < -0.4 is 4.90 Å². The maximum atomic E-state index is 14.0. The topological polar surface area (TPSA) is 36.4 Å². The Hall–Kier alpha value is -2.16. The molecule has 0 saturated carbocycles. The Labute approximate surface area is 177 Å². The van der Waals surface area contributed by atoms with Crippen molar-refractivity contribution in [3.63, 3.8) is 0 Å². The number of nitrogens with zero attached hydrogens (tertiary/aromatic N) is 3. The van der Waals surface area contributed by atoms with Crippen LogP contribution >= 0.6 is 23.7 Å². The Morgan fingerprint density at radius 2 is 1.72 bits per heavy atom. The Morgan fingerprint density at radius 3 is 2.34 bits per heavy atom. The fraction of sp³-hybridized carbons (Fsp3) is 0.300. The van der Waals surface area contributed by atoms with Gasteiger partial charge in [0.2, 0.25) is 0 Å². The first-order valence-electron chi connectivity index (χ1n) is 8.98. The normalized spacial score (nSPS) is 11.0. The van der Waals surface area contributed by atoms with Gasteiger partial charge in [-0.05, 0) is 43.4 Å². The van der Waals surface area contributed by atoms with Crippen molar-refractivity contribution in [2.45, 2.75) is 13.8 Å². The Balaban J connectivity index is 0.00000300. The van der Waals surface area contributed by atoms with Crippen molar-refractivity contribution in [1.82, 2.24) is 9.88 Å². The van der Waals surface area contributed by atoms with Gasteiger partial charge in [0.05, 0.1) is 4.70 Å². The van der Waals surface area contributed by atoms with E-state index >= 15 is 0 Å². The van der Waals surface area contributed by atoms with Crippen molar-refractivity contribution in [2.24, 2.45) is 0 Å². The van der Waals surface area contributed by atoms with Crippen molar-refractivity contribution in [3.8, 4) is 0 Å². The average molecular weight is 444 g/mol. The third-order valence-electron chi connectivity index (χ3n) is 4.54. The number of likely N-dealkylation sites (N-methyl/N-ethyl adjacent to an activating group) is 1. The predicted octanol–water partition coefficient (Wildman–Crippen LogP) is 5.12. The molecule has 3 aromatic rings. The van der Waals surface area contributed by atoms with Crippen LogP contribution in [-0.2, 0) is 0 Å². The summed E-state index contributed by atoms with van der Waals surface area (Å²) in [5.74, 6) is -3.09. The molecule has 0 fully saturated rings. The molecule has 0 spiro atoms. The zero-order valence-corrected chi connectivity index (χ0v) is 17.6. The number of fused-ring (bicyclic) bond motifs is 1. The summed E-state index contributed by atoms with van der Waals surface area (Å²) in [5.41, 5.74) is 0.201. The van der Waals surface area contributed by atoms with E-state index in [-0.39, 0.29) is 23.5 Å². The first-order valence-corrected chi connectivity index (χ1v) is 9.80. The van der Waals surface area contributed by atoms with Gasteiger partial charge < -0.3 is 4.90 Å². The maximum absolute atomic E-state index is 14.0. The number of aromatic nitrogens is 1. The molecule has 0 bridgehead atoms. The van der Waals surface area contributed by atoms with Gasteiger partial charge in [0.25, 0.3) is 5.91 Å². The summed E-state index contributed by atoms with van der Waals surface area (Å²) in [6.45, 7) is 6.49. The zero-order chi connectivity index (χ0) is 20.3. The molecule has 0 N–H and O–H groups in total. The molecule has 156 valence electrons. The van der Waals surface area contributed by atoms with E-state index in [1.165, 1.54) is 28.4 Å². The minimum atomic E-state index is -1.09. The van der Waals surface area contributed by atoms with Crippen molar-refractivity contribution in [1.29, 1.82) is 0 Å². The highest BCUT2D eigenvalue weighted by Crippen LogP contribution is 2.31. The van der Waals surface area contributed by atoms with E-state index in [1.807, 2.05) is 13.8 Å². The second-order valence-corrected chi connectivity index (χ2v) is 7.20. The molecule has 29 heavy (non-hydrogen) atoms. The molecule has 0 radical (unpaired) electrons. The second-order valence-electron chi connectivity index (χ2n) is 6.20. The van der Waals surface area contributed by atoms with Crippen molar-refractivity contribution >= 4 is 45.0 Å². The first kappa shape index (κ1) is 23.1. The molecule has 0 aliphatic carbocycles. The first-order chi connectivity index (χ1) is 13.4. The van der Waals surface area contributed by atoms with Gasteiger partial charge in [0, 0.05) is 18.7 Å². The number of carbonyl (C=O) groups is 1. The van der Waals surface area contributed by atoms with E-state index < -0.39 is 23.4 Å². The van der Waals surface area contributed by atoms with Gasteiger partial charge in [-0.3, -0.25) is 9.69 Å². The number of halogens is 4. The van der Waals surface area contributed by atoms with Gasteiger partial charge in [0.1, 0.15) is 11.3 Å². The number of para-hydroxylation sites is 1. The van der Waals surface area contributed by atoms with E-state index in [4.69, 9.17) is 0 Å². The lowest BCUT2D eigenvalue weighted by atomic mass is 10.2. The van der Waals surface area contributed by atoms with Gasteiger partial charge in [-0.2, -0.15) is 0 Å². The van der Waals surface area contributed by atoms with Crippen LogP contribution in [0.1, 0.15) is 24.2 Å². The molecule has 0 aliphatic rings. The smallest absolute Gasteiger partial charge is 0.260 e. The monoisotopic (exact) mass is 443 g/mol. The van der Waals surface area contributed by atoms with E-state index in [0.29, 0.717) is 22.9 Å². The largest absolute Gasteiger partial charge is 0.302 e. The Kier molecular flexibility index (Phi) is 8.01. The molecule has 1 amide bonds.